The Morgan fingerprint density at radius 1 is 1.30 bits per heavy atom. The summed E-state index contributed by atoms with van der Waals surface area (Å²) in [6, 6.07) is 1.53. The summed E-state index contributed by atoms with van der Waals surface area (Å²) in [6.45, 7) is 2.61. The second-order valence-electron chi connectivity index (χ2n) is 5.01. The molecule has 0 fully saturated rings. The van der Waals surface area contributed by atoms with Crippen molar-refractivity contribution >= 4 is 17.5 Å². The Morgan fingerprint density at radius 2 is 2.04 bits per heavy atom. The third-order valence-electron chi connectivity index (χ3n) is 3.34. The summed E-state index contributed by atoms with van der Waals surface area (Å²) < 4.78 is 20.7. The molecule has 0 radical (unpaired) electrons. The monoisotopic (exact) mass is 322 g/mol. The number of methoxy groups -OCH3 is 1. The molecule has 0 spiro atoms. The second kappa shape index (κ2) is 7.23. The SMILES string of the molecule is COCOc1c(CCOC(C)=O)c(C(C)=O)cc2c1C(=O)CO2. The zero-order chi connectivity index (χ0) is 17.0. The quantitative estimate of drug-likeness (QED) is 0.427. The van der Waals surface area contributed by atoms with Crippen molar-refractivity contribution in [2.24, 2.45) is 0 Å². The molecule has 0 saturated carbocycles. The molecule has 0 aliphatic carbocycles. The number of carbonyl (C=O) groups is 3. The largest absolute Gasteiger partial charge is 0.485 e. The summed E-state index contributed by atoms with van der Waals surface area (Å²) in [4.78, 5) is 34.9. The van der Waals surface area contributed by atoms with E-state index in [2.05, 4.69) is 0 Å². The fraction of sp³-hybridized carbons (Fsp3) is 0.438. The Morgan fingerprint density at radius 3 is 2.65 bits per heavy atom. The standard InChI is InChI=1S/C16H18O7/c1-9(17)12-6-14-15(13(19)7-22-14)16(23-8-20-3)11(12)4-5-21-10(2)18/h6H,4-5,7-8H2,1-3H3. The number of hydrogen-bond donors (Lipinski definition) is 0. The van der Waals surface area contributed by atoms with Gasteiger partial charge in [-0.25, -0.2) is 0 Å². The molecule has 0 N–H and O–H groups in total. The first-order chi connectivity index (χ1) is 11.0. The minimum Gasteiger partial charge on any atom is -0.485 e. The summed E-state index contributed by atoms with van der Waals surface area (Å²) in [5.41, 5.74) is 1.18. The van der Waals surface area contributed by atoms with Gasteiger partial charge in [0.1, 0.15) is 17.1 Å². The lowest BCUT2D eigenvalue weighted by atomic mass is 9.95. The molecule has 0 unspecified atom stereocenters. The fourth-order valence-electron chi connectivity index (χ4n) is 2.41. The molecule has 1 aromatic carbocycles. The number of ketones is 2. The minimum atomic E-state index is -0.422. The maximum Gasteiger partial charge on any atom is 0.302 e. The van der Waals surface area contributed by atoms with Crippen LogP contribution in [0.15, 0.2) is 6.07 Å². The molecular formula is C16H18O7. The Kier molecular flexibility index (Phi) is 5.33. The van der Waals surface area contributed by atoms with E-state index in [9.17, 15) is 14.4 Å². The molecule has 7 heteroatoms. The highest BCUT2D eigenvalue weighted by Crippen LogP contribution is 2.39. The predicted molar refractivity (Wildman–Crippen MR) is 79.1 cm³/mol. The number of ether oxygens (including phenoxy) is 4. The lowest BCUT2D eigenvalue weighted by molar-refractivity contribution is -0.140. The van der Waals surface area contributed by atoms with Crippen LogP contribution < -0.4 is 9.47 Å². The van der Waals surface area contributed by atoms with E-state index in [1.54, 1.807) is 0 Å². The van der Waals surface area contributed by atoms with Gasteiger partial charge in [0, 0.05) is 31.6 Å². The fourth-order valence-corrected chi connectivity index (χ4v) is 2.41. The Labute approximate surface area is 133 Å². The van der Waals surface area contributed by atoms with E-state index in [-0.39, 0.29) is 43.7 Å². The van der Waals surface area contributed by atoms with Crippen LogP contribution in [0.5, 0.6) is 11.5 Å². The van der Waals surface area contributed by atoms with Crippen LogP contribution in [0, 0.1) is 0 Å². The van der Waals surface area contributed by atoms with Gasteiger partial charge in [0.25, 0.3) is 0 Å². The topological polar surface area (TPSA) is 88.1 Å². The molecule has 1 heterocycles. The second-order valence-corrected chi connectivity index (χ2v) is 5.01. The number of hydrogen-bond acceptors (Lipinski definition) is 7. The van der Waals surface area contributed by atoms with Gasteiger partial charge < -0.3 is 18.9 Å². The Bertz CT molecular complexity index is 648. The molecule has 124 valence electrons. The van der Waals surface area contributed by atoms with Crippen molar-refractivity contribution in [2.45, 2.75) is 20.3 Å². The molecule has 0 aromatic heterocycles. The summed E-state index contributed by atoms with van der Waals surface area (Å²) in [6.07, 6.45) is 0.244. The van der Waals surface area contributed by atoms with E-state index >= 15 is 0 Å². The average molecular weight is 322 g/mol. The minimum absolute atomic E-state index is 0.0762. The van der Waals surface area contributed by atoms with Crippen LogP contribution in [0.2, 0.25) is 0 Å². The summed E-state index contributed by atoms with van der Waals surface area (Å²) in [5, 5.41) is 0. The van der Waals surface area contributed by atoms with Crippen molar-refractivity contribution in [3.63, 3.8) is 0 Å². The maximum atomic E-state index is 12.0. The van der Waals surface area contributed by atoms with Crippen LogP contribution in [-0.2, 0) is 20.7 Å². The highest BCUT2D eigenvalue weighted by atomic mass is 16.7. The third-order valence-corrected chi connectivity index (χ3v) is 3.34. The molecule has 0 atom stereocenters. The molecule has 0 amide bonds. The van der Waals surface area contributed by atoms with E-state index in [4.69, 9.17) is 18.9 Å². The van der Waals surface area contributed by atoms with Crippen LogP contribution in [0.4, 0.5) is 0 Å². The van der Waals surface area contributed by atoms with Gasteiger partial charge in [-0.05, 0) is 13.0 Å². The lowest BCUT2D eigenvalue weighted by Gasteiger charge is -2.17. The molecule has 1 aliphatic rings. The van der Waals surface area contributed by atoms with E-state index in [0.717, 1.165) is 0 Å². The van der Waals surface area contributed by atoms with Crippen molar-refractivity contribution in [1.82, 2.24) is 0 Å². The van der Waals surface area contributed by atoms with Gasteiger partial charge in [-0.1, -0.05) is 0 Å². The van der Waals surface area contributed by atoms with Crippen LogP contribution in [0.1, 0.15) is 40.1 Å². The third kappa shape index (κ3) is 3.68. The van der Waals surface area contributed by atoms with Crippen molar-refractivity contribution < 1.29 is 33.3 Å². The Balaban J connectivity index is 2.49. The van der Waals surface area contributed by atoms with Gasteiger partial charge in [0.2, 0.25) is 5.78 Å². The zero-order valence-corrected chi connectivity index (χ0v) is 13.3. The molecule has 1 aliphatic heterocycles. The van der Waals surface area contributed by atoms with E-state index in [0.29, 0.717) is 22.4 Å². The maximum absolute atomic E-state index is 12.0. The van der Waals surface area contributed by atoms with Gasteiger partial charge in [0.05, 0.1) is 6.61 Å². The van der Waals surface area contributed by atoms with Crippen LogP contribution in [-0.4, -0.2) is 44.7 Å². The molecule has 7 nitrogen and oxygen atoms in total. The van der Waals surface area contributed by atoms with Crippen molar-refractivity contribution in [3.8, 4) is 11.5 Å². The Hall–Kier alpha value is -2.41. The van der Waals surface area contributed by atoms with Gasteiger partial charge in [0.15, 0.2) is 19.2 Å². The molecule has 2 rings (SSSR count). The number of benzene rings is 1. The first-order valence-electron chi connectivity index (χ1n) is 7.07. The van der Waals surface area contributed by atoms with E-state index < -0.39 is 5.97 Å². The van der Waals surface area contributed by atoms with Gasteiger partial charge in [-0.2, -0.15) is 0 Å². The number of Topliss-reactive ketones (excluding diaryl/α,β-unsaturated/α-hetero) is 2. The number of rotatable bonds is 7. The van der Waals surface area contributed by atoms with Crippen LogP contribution >= 0.6 is 0 Å². The van der Waals surface area contributed by atoms with E-state index in [1.807, 2.05) is 0 Å². The average Bonchev–Trinajstić information content (AvgIpc) is 2.86. The first kappa shape index (κ1) is 17.0. The number of fused-ring (bicyclic) bond motifs is 1. The van der Waals surface area contributed by atoms with Crippen molar-refractivity contribution in [3.05, 3.63) is 22.8 Å². The van der Waals surface area contributed by atoms with E-state index in [1.165, 1.54) is 27.0 Å². The molecule has 1 aromatic rings. The molecule has 23 heavy (non-hydrogen) atoms. The smallest absolute Gasteiger partial charge is 0.302 e. The zero-order valence-electron chi connectivity index (χ0n) is 13.3. The summed E-state index contributed by atoms with van der Waals surface area (Å²) in [5.74, 6) is -0.271. The number of carbonyl (C=O) groups excluding carboxylic acids is 3. The summed E-state index contributed by atoms with van der Waals surface area (Å²) >= 11 is 0. The molecule has 0 saturated heterocycles. The van der Waals surface area contributed by atoms with Gasteiger partial charge in [-0.15, -0.1) is 0 Å². The summed E-state index contributed by atoms with van der Waals surface area (Å²) in [7, 11) is 1.45. The normalized spacial score (nSPS) is 12.6. The molecular weight excluding hydrogens is 304 g/mol. The van der Waals surface area contributed by atoms with Gasteiger partial charge >= 0.3 is 5.97 Å². The van der Waals surface area contributed by atoms with Gasteiger partial charge in [-0.3, -0.25) is 14.4 Å². The molecule has 0 bridgehead atoms. The highest BCUT2D eigenvalue weighted by Gasteiger charge is 2.31. The highest BCUT2D eigenvalue weighted by molar-refractivity contribution is 6.07. The lowest BCUT2D eigenvalue weighted by Crippen LogP contribution is -2.13. The van der Waals surface area contributed by atoms with Crippen molar-refractivity contribution in [2.75, 3.05) is 27.1 Å². The first-order valence-corrected chi connectivity index (χ1v) is 7.07. The number of esters is 1. The van der Waals surface area contributed by atoms with Crippen LogP contribution in [0.3, 0.4) is 0 Å². The predicted octanol–water partition coefficient (Wildman–Crippen LogP) is 1.55. The van der Waals surface area contributed by atoms with Crippen molar-refractivity contribution in [1.29, 1.82) is 0 Å². The van der Waals surface area contributed by atoms with Crippen LogP contribution in [0.25, 0.3) is 0 Å².